The highest BCUT2D eigenvalue weighted by Crippen LogP contribution is 2.24. The fourth-order valence-corrected chi connectivity index (χ4v) is 1.06. The van der Waals surface area contributed by atoms with Crippen LogP contribution < -0.4 is 0 Å². The van der Waals surface area contributed by atoms with E-state index < -0.39 is 0 Å². The van der Waals surface area contributed by atoms with E-state index in [1.807, 2.05) is 0 Å². The van der Waals surface area contributed by atoms with Crippen LogP contribution in [-0.4, -0.2) is 18.0 Å². The maximum absolute atomic E-state index is 4.10. The molecule has 0 aliphatic rings. The van der Waals surface area contributed by atoms with Crippen LogP contribution in [0.2, 0.25) is 0 Å². The van der Waals surface area contributed by atoms with Crippen molar-refractivity contribution in [3.05, 3.63) is 12.3 Å². The van der Waals surface area contributed by atoms with Crippen molar-refractivity contribution >= 4 is 0 Å². The molecule has 0 aromatic carbocycles. The zero-order chi connectivity index (χ0) is 10.6. The second-order valence-corrected chi connectivity index (χ2v) is 5.33. The highest BCUT2D eigenvalue weighted by molar-refractivity contribution is 4.94. The molecule has 0 atom stereocenters. The zero-order valence-electron chi connectivity index (χ0n) is 10.1. The Morgan fingerprint density at radius 3 is 2.08 bits per heavy atom. The van der Waals surface area contributed by atoms with Gasteiger partial charge in [0.15, 0.2) is 0 Å². The first-order chi connectivity index (χ1) is 5.74. The molecule has 78 valence electrons. The molecule has 0 saturated carbocycles. The number of allylic oxidation sites excluding steroid dienone is 1. The van der Waals surface area contributed by atoms with Crippen LogP contribution in [-0.2, 0) is 0 Å². The molecule has 0 unspecified atom stereocenters. The molecule has 13 heavy (non-hydrogen) atoms. The van der Waals surface area contributed by atoms with E-state index in [0.29, 0.717) is 11.5 Å². The molecule has 0 aromatic rings. The number of hydrogen-bond donors (Lipinski definition) is 0. The highest BCUT2D eigenvalue weighted by Gasteiger charge is 2.12. The van der Waals surface area contributed by atoms with Gasteiger partial charge in [-0.1, -0.05) is 27.4 Å². The summed E-state index contributed by atoms with van der Waals surface area (Å²) >= 11 is 0. The van der Waals surface area contributed by atoms with E-state index in [2.05, 4.69) is 53.1 Å². The molecule has 1 heteroatoms. The molecule has 0 fully saturated rings. The first kappa shape index (κ1) is 12.5. The predicted molar refractivity (Wildman–Crippen MR) is 60.7 cm³/mol. The Morgan fingerprint density at radius 1 is 1.31 bits per heavy atom. The Balaban J connectivity index is 3.89. The lowest BCUT2D eigenvalue weighted by Gasteiger charge is -2.28. The number of rotatable bonds is 4. The predicted octanol–water partition coefficient (Wildman–Crippen LogP) is 3.67. The first-order valence-electron chi connectivity index (χ1n) is 5.14. The van der Waals surface area contributed by atoms with Crippen molar-refractivity contribution in [3.63, 3.8) is 0 Å². The smallest absolute Gasteiger partial charge is 0.0226 e. The minimum atomic E-state index is 0.417. The monoisotopic (exact) mass is 183 g/mol. The molecular weight excluding hydrogens is 158 g/mol. The SMILES string of the molecule is C=C(CCC(C)(C)C)N(C)C(C)C. The minimum absolute atomic E-state index is 0.417. The van der Waals surface area contributed by atoms with Gasteiger partial charge in [-0.15, -0.1) is 0 Å². The average Bonchev–Trinajstić information content (AvgIpc) is 1.97. The third-order valence-corrected chi connectivity index (χ3v) is 2.44. The van der Waals surface area contributed by atoms with E-state index in [1.165, 1.54) is 12.1 Å². The summed E-state index contributed by atoms with van der Waals surface area (Å²) in [5.41, 5.74) is 1.67. The summed E-state index contributed by atoms with van der Waals surface area (Å²) in [5.74, 6) is 0. The Labute approximate surface area is 83.8 Å². The van der Waals surface area contributed by atoms with Gasteiger partial charge in [-0.2, -0.15) is 0 Å². The van der Waals surface area contributed by atoms with E-state index >= 15 is 0 Å². The van der Waals surface area contributed by atoms with Gasteiger partial charge in [-0.05, 0) is 32.1 Å². The van der Waals surface area contributed by atoms with Crippen molar-refractivity contribution in [2.45, 2.75) is 53.5 Å². The molecule has 0 radical (unpaired) electrons. The topological polar surface area (TPSA) is 3.24 Å². The van der Waals surface area contributed by atoms with Gasteiger partial charge in [0, 0.05) is 18.8 Å². The van der Waals surface area contributed by atoms with Gasteiger partial charge in [0.25, 0.3) is 0 Å². The van der Waals surface area contributed by atoms with Gasteiger partial charge in [-0.25, -0.2) is 0 Å². The van der Waals surface area contributed by atoms with Crippen LogP contribution in [0, 0.1) is 5.41 Å². The quantitative estimate of drug-likeness (QED) is 0.643. The van der Waals surface area contributed by atoms with E-state index in [4.69, 9.17) is 0 Å². The lowest BCUT2D eigenvalue weighted by molar-refractivity contribution is 0.304. The summed E-state index contributed by atoms with van der Waals surface area (Å²) < 4.78 is 0. The lowest BCUT2D eigenvalue weighted by atomic mass is 9.90. The standard InChI is InChI=1S/C12H25N/c1-10(2)13(7)11(3)8-9-12(4,5)6/h10H,3,8-9H2,1-2,4-7H3. The molecule has 0 aliphatic carbocycles. The van der Waals surface area contributed by atoms with Gasteiger partial charge < -0.3 is 4.90 Å². The molecule has 0 N–H and O–H groups in total. The van der Waals surface area contributed by atoms with Crippen molar-refractivity contribution < 1.29 is 0 Å². The number of nitrogens with zero attached hydrogens (tertiary/aromatic N) is 1. The summed E-state index contributed by atoms with van der Waals surface area (Å²) in [7, 11) is 2.12. The Kier molecular flexibility index (Phi) is 4.52. The molecular formula is C12H25N. The maximum Gasteiger partial charge on any atom is 0.0226 e. The first-order valence-corrected chi connectivity index (χ1v) is 5.14. The Bertz CT molecular complexity index is 162. The van der Waals surface area contributed by atoms with Gasteiger partial charge in [0.05, 0.1) is 0 Å². The second-order valence-electron chi connectivity index (χ2n) is 5.33. The molecule has 0 spiro atoms. The van der Waals surface area contributed by atoms with Crippen LogP contribution in [0.1, 0.15) is 47.5 Å². The zero-order valence-corrected chi connectivity index (χ0v) is 10.1. The number of hydrogen-bond acceptors (Lipinski definition) is 1. The van der Waals surface area contributed by atoms with Crippen molar-refractivity contribution in [1.29, 1.82) is 0 Å². The Hall–Kier alpha value is -0.460. The normalized spacial score (nSPS) is 11.9. The molecule has 1 nitrogen and oxygen atoms in total. The van der Waals surface area contributed by atoms with Gasteiger partial charge in [-0.3, -0.25) is 0 Å². The Morgan fingerprint density at radius 2 is 1.77 bits per heavy atom. The van der Waals surface area contributed by atoms with Crippen molar-refractivity contribution in [2.24, 2.45) is 5.41 Å². The molecule has 0 amide bonds. The lowest BCUT2D eigenvalue weighted by Crippen LogP contribution is -2.25. The summed E-state index contributed by atoms with van der Waals surface area (Å²) in [6.45, 7) is 15.3. The molecule has 0 heterocycles. The van der Waals surface area contributed by atoms with E-state index in [1.54, 1.807) is 0 Å². The molecule has 0 aliphatic heterocycles. The summed E-state index contributed by atoms with van der Waals surface area (Å²) in [4.78, 5) is 2.26. The fraction of sp³-hybridized carbons (Fsp3) is 0.833. The maximum atomic E-state index is 4.10. The van der Waals surface area contributed by atoms with E-state index in [9.17, 15) is 0 Å². The minimum Gasteiger partial charge on any atom is -0.376 e. The van der Waals surface area contributed by atoms with Crippen molar-refractivity contribution in [1.82, 2.24) is 4.90 Å². The third-order valence-electron chi connectivity index (χ3n) is 2.44. The molecule has 0 aromatic heterocycles. The van der Waals surface area contributed by atoms with Crippen LogP contribution in [0.25, 0.3) is 0 Å². The average molecular weight is 183 g/mol. The van der Waals surface area contributed by atoms with Crippen LogP contribution >= 0.6 is 0 Å². The van der Waals surface area contributed by atoms with Gasteiger partial charge in [0.1, 0.15) is 0 Å². The molecule has 0 saturated heterocycles. The fourth-order valence-electron chi connectivity index (χ4n) is 1.06. The second kappa shape index (κ2) is 4.69. The summed E-state index contributed by atoms with van der Waals surface area (Å²) in [6.07, 6.45) is 2.32. The van der Waals surface area contributed by atoms with Gasteiger partial charge in [0.2, 0.25) is 0 Å². The van der Waals surface area contributed by atoms with Crippen LogP contribution in [0.4, 0.5) is 0 Å². The van der Waals surface area contributed by atoms with E-state index in [-0.39, 0.29) is 0 Å². The third kappa shape index (κ3) is 5.73. The molecule has 0 rings (SSSR count). The van der Waals surface area contributed by atoms with Gasteiger partial charge >= 0.3 is 0 Å². The summed E-state index contributed by atoms with van der Waals surface area (Å²) in [5, 5.41) is 0. The van der Waals surface area contributed by atoms with Crippen LogP contribution in [0.5, 0.6) is 0 Å². The highest BCUT2D eigenvalue weighted by atomic mass is 15.1. The molecule has 0 bridgehead atoms. The van der Waals surface area contributed by atoms with Crippen molar-refractivity contribution in [2.75, 3.05) is 7.05 Å². The largest absolute Gasteiger partial charge is 0.376 e. The van der Waals surface area contributed by atoms with Crippen LogP contribution in [0.3, 0.4) is 0 Å². The van der Waals surface area contributed by atoms with Crippen LogP contribution in [0.15, 0.2) is 12.3 Å². The van der Waals surface area contributed by atoms with E-state index in [0.717, 1.165) is 6.42 Å². The summed E-state index contributed by atoms with van der Waals surface area (Å²) in [6, 6.07) is 0.562. The van der Waals surface area contributed by atoms with Crippen molar-refractivity contribution in [3.8, 4) is 0 Å².